The Balaban J connectivity index is 2.89. The van der Waals surface area contributed by atoms with Gasteiger partial charge in [0, 0.05) is 12.6 Å². The third-order valence-electron chi connectivity index (χ3n) is 3.39. The molecule has 0 aliphatic carbocycles. The Kier molecular flexibility index (Phi) is 6.42. The molecular weight excluding hydrogens is 254 g/mol. The van der Waals surface area contributed by atoms with E-state index in [0.29, 0.717) is 6.54 Å². The standard InChI is InChI=1S/C16H23NO3/c1-5-8-17-14(10-15(18)20-4)16(19)13-7-6-11(2)12(3)9-13/h5-7,9,14,16-17,19H,1,8,10H2,2-4H3. The van der Waals surface area contributed by atoms with Gasteiger partial charge in [-0.05, 0) is 30.5 Å². The molecule has 0 aromatic heterocycles. The summed E-state index contributed by atoms with van der Waals surface area (Å²) < 4.78 is 4.67. The van der Waals surface area contributed by atoms with Crippen molar-refractivity contribution in [2.24, 2.45) is 0 Å². The molecular formula is C16H23NO3. The van der Waals surface area contributed by atoms with Gasteiger partial charge >= 0.3 is 5.97 Å². The van der Waals surface area contributed by atoms with E-state index in [-0.39, 0.29) is 12.4 Å². The fourth-order valence-corrected chi connectivity index (χ4v) is 1.97. The van der Waals surface area contributed by atoms with Gasteiger partial charge in [-0.3, -0.25) is 4.79 Å². The van der Waals surface area contributed by atoms with Crippen LogP contribution in [-0.2, 0) is 9.53 Å². The van der Waals surface area contributed by atoms with Crippen molar-refractivity contribution in [2.75, 3.05) is 13.7 Å². The zero-order chi connectivity index (χ0) is 15.1. The number of carbonyl (C=O) groups excluding carboxylic acids is 1. The number of aliphatic hydroxyl groups excluding tert-OH is 1. The fraction of sp³-hybridized carbons (Fsp3) is 0.438. The summed E-state index contributed by atoms with van der Waals surface area (Å²) in [4.78, 5) is 11.4. The quantitative estimate of drug-likeness (QED) is 0.591. The highest BCUT2D eigenvalue weighted by Crippen LogP contribution is 2.22. The minimum atomic E-state index is -0.770. The largest absolute Gasteiger partial charge is 0.469 e. The highest BCUT2D eigenvalue weighted by molar-refractivity contribution is 5.70. The van der Waals surface area contributed by atoms with E-state index < -0.39 is 12.1 Å². The molecule has 1 aromatic carbocycles. The molecule has 110 valence electrons. The molecule has 2 atom stereocenters. The van der Waals surface area contributed by atoms with Crippen LogP contribution in [0.5, 0.6) is 0 Å². The highest BCUT2D eigenvalue weighted by Gasteiger charge is 2.23. The van der Waals surface area contributed by atoms with Crippen LogP contribution in [0.2, 0.25) is 0 Å². The molecule has 0 aliphatic rings. The van der Waals surface area contributed by atoms with Crippen LogP contribution in [0.1, 0.15) is 29.2 Å². The summed E-state index contributed by atoms with van der Waals surface area (Å²) >= 11 is 0. The van der Waals surface area contributed by atoms with Crippen LogP contribution in [0, 0.1) is 13.8 Å². The summed E-state index contributed by atoms with van der Waals surface area (Å²) in [7, 11) is 1.34. The zero-order valence-electron chi connectivity index (χ0n) is 12.3. The van der Waals surface area contributed by atoms with Crippen molar-refractivity contribution in [1.29, 1.82) is 0 Å². The molecule has 2 N–H and O–H groups in total. The summed E-state index contributed by atoms with van der Waals surface area (Å²) in [5.41, 5.74) is 3.07. The molecule has 4 nitrogen and oxygen atoms in total. The van der Waals surface area contributed by atoms with Crippen LogP contribution >= 0.6 is 0 Å². The lowest BCUT2D eigenvalue weighted by Crippen LogP contribution is -2.37. The van der Waals surface area contributed by atoms with E-state index in [1.807, 2.05) is 32.0 Å². The van der Waals surface area contributed by atoms with Crippen molar-refractivity contribution >= 4 is 5.97 Å². The Labute approximate surface area is 120 Å². The van der Waals surface area contributed by atoms with Crippen LogP contribution in [0.25, 0.3) is 0 Å². The van der Waals surface area contributed by atoms with Gasteiger partial charge < -0.3 is 15.2 Å². The maximum Gasteiger partial charge on any atom is 0.307 e. The molecule has 0 spiro atoms. The first-order valence-corrected chi connectivity index (χ1v) is 6.66. The van der Waals surface area contributed by atoms with Gasteiger partial charge in [0.25, 0.3) is 0 Å². The van der Waals surface area contributed by atoms with Crippen LogP contribution < -0.4 is 5.32 Å². The molecule has 2 unspecified atom stereocenters. The number of aliphatic hydroxyl groups is 1. The molecule has 0 aliphatic heterocycles. The second kappa shape index (κ2) is 7.82. The third kappa shape index (κ3) is 4.47. The number of aryl methyl sites for hydroxylation is 2. The van der Waals surface area contributed by atoms with Crippen LogP contribution in [0.3, 0.4) is 0 Å². The maximum atomic E-state index is 11.4. The first-order valence-electron chi connectivity index (χ1n) is 6.66. The van der Waals surface area contributed by atoms with E-state index in [1.54, 1.807) is 6.08 Å². The van der Waals surface area contributed by atoms with E-state index in [1.165, 1.54) is 12.7 Å². The lowest BCUT2D eigenvalue weighted by Gasteiger charge is -2.23. The van der Waals surface area contributed by atoms with E-state index in [0.717, 1.165) is 11.1 Å². The number of ether oxygens (including phenoxy) is 1. The van der Waals surface area contributed by atoms with Gasteiger partial charge in [-0.15, -0.1) is 6.58 Å². The number of methoxy groups -OCH3 is 1. The van der Waals surface area contributed by atoms with E-state index in [9.17, 15) is 9.90 Å². The van der Waals surface area contributed by atoms with Crippen molar-refractivity contribution in [3.63, 3.8) is 0 Å². The summed E-state index contributed by atoms with van der Waals surface area (Å²) in [6.45, 7) is 8.17. The van der Waals surface area contributed by atoms with Crippen LogP contribution in [0.4, 0.5) is 0 Å². The molecule has 0 bridgehead atoms. The molecule has 0 heterocycles. The van der Waals surface area contributed by atoms with Gasteiger partial charge in [-0.1, -0.05) is 24.3 Å². The Morgan fingerprint density at radius 1 is 1.45 bits per heavy atom. The first kappa shape index (κ1) is 16.4. The molecule has 1 aromatic rings. The molecule has 1 rings (SSSR count). The molecule has 0 saturated heterocycles. The summed E-state index contributed by atoms with van der Waals surface area (Å²) in [5.74, 6) is -0.352. The average Bonchev–Trinajstić information content (AvgIpc) is 2.45. The van der Waals surface area contributed by atoms with E-state index >= 15 is 0 Å². The Hall–Kier alpha value is -1.65. The van der Waals surface area contributed by atoms with Crippen molar-refractivity contribution in [3.05, 3.63) is 47.5 Å². The number of carbonyl (C=O) groups is 1. The Morgan fingerprint density at radius 3 is 2.70 bits per heavy atom. The van der Waals surface area contributed by atoms with Gasteiger partial charge in [0.05, 0.1) is 19.6 Å². The van der Waals surface area contributed by atoms with Crippen LogP contribution in [0.15, 0.2) is 30.9 Å². The molecule has 0 amide bonds. The number of rotatable bonds is 7. The van der Waals surface area contributed by atoms with Gasteiger partial charge in [0.15, 0.2) is 0 Å². The third-order valence-corrected chi connectivity index (χ3v) is 3.39. The number of hydrogen-bond donors (Lipinski definition) is 2. The van der Waals surface area contributed by atoms with Crippen molar-refractivity contribution in [2.45, 2.75) is 32.4 Å². The smallest absolute Gasteiger partial charge is 0.307 e. The zero-order valence-corrected chi connectivity index (χ0v) is 12.3. The Morgan fingerprint density at radius 2 is 2.15 bits per heavy atom. The average molecular weight is 277 g/mol. The summed E-state index contributed by atoms with van der Waals surface area (Å²) in [5, 5.41) is 13.6. The molecule has 0 radical (unpaired) electrons. The number of esters is 1. The predicted octanol–water partition coefficient (Wildman–Crippen LogP) is 2.04. The number of nitrogens with one attached hydrogen (secondary N) is 1. The van der Waals surface area contributed by atoms with Gasteiger partial charge in [0.2, 0.25) is 0 Å². The number of benzene rings is 1. The fourth-order valence-electron chi connectivity index (χ4n) is 1.97. The number of hydrogen-bond acceptors (Lipinski definition) is 4. The minimum Gasteiger partial charge on any atom is -0.469 e. The summed E-state index contributed by atoms with van der Waals surface area (Å²) in [6.07, 6.45) is 1.03. The van der Waals surface area contributed by atoms with Crippen molar-refractivity contribution in [1.82, 2.24) is 5.32 Å². The Bertz CT molecular complexity index is 471. The maximum absolute atomic E-state index is 11.4. The molecule has 4 heteroatoms. The monoisotopic (exact) mass is 277 g/mol. The van der Waals surface area contributed by atoms with Gasteiger partial charge in [0.1, 0.15) is 0 Å². The van der Waals surface area contributed by atoms with E-state index in [4.69, 9.17) is 0 Å². The normalized spacial score (nSPS) is 13.6. The van der Waals surface area contributed by atoms with E-state index in [2.05, 4.69) is 16.6 Å². The lowest BCUT2D eigenvalue weighted by atomic mass is 9.96. The topological polar surface area (TPSA) is 58.6 Å². The second-order valence-electron chi connectivity index (χ2n) is 4.87. The SMILES string of the molecule is C=CCNC(CC(=O)OC)C(O)c1ccc(C)c(C)c1. The van der Waals surface area contributed by atoms with Crippen molar-refractivity contribution < 1.29 is 14.6 Å². The first-order chi connectivity index (χ1) is 9.49. The van der Waals surface area contributed by atoms with Gasteiger partial charge in [-0.25, -0.2) is 0 Å². The molecule has 0 fully saturated rings. The van der Waals surface area contributed by atoms with Crippen molar-refractivity contribution in [3.8, 4) is 0 Å². The predicted molar refractivity (Wildman–Crippen MR) is 79.5 cm³/mol. The highest BCUT2D eigenvalue weighted by atomic mass is 16.5. The molecule has 20 heavy (non-hydrogen) atoms. The van der Waals surface area contributed by atoms with Gasteiger partial charge in [-0.2, -0.15) is 0 Å². The summed E-state index contributed by atoms with van der Waals surface area (Å²) in [6, 6.07) is 5.39. The molecule has 0 saturated carbocycles. The van der Waals surface area contributed by atoms with Crippen LogP contribution in [-0.4, -0.2) is 30.8 Å². The second-order valence-corrected chi connectivity index (χ2v) is 4.87. The minimum absolute atomic E-state index is 0.110. The lowest BCUT2D eigenvalue weighted by molar-refractivity contribution is -0.142.